The van der Waals surface area contributed by atoms with Crippen molar-refractivity contribution in [3.63, 3.8) is 0 Å². The third-order valence-electron chi connectivity index (χ3n) is 3.49. The van der Waals surface area contributed by atoms with Gasteiger partial charge in [-0.05, 0) is 37.5 Å². The fourth-order valence-corrected chi connectivity index (χ4v) is 4.50. The minimum absolute atomic E-state index is 0.0163. The molecule has 0 radical (unpaired) electrons. The summed E-state index contributed by atoms with van der Waals surface area (Å²) in [4.78, 5) is 11.0. The van der Waals surface area contributed by atoms with E-state index in [0.717, 1.165) is 0 Å². The monoisotopic (exact) mass is 351 g/mol. The van der Waals surface area contributed by atoms with Gasteiger partial charge in [0.1, 0.15) is 0 Å². The molecule has 0 aromatic heterocycles. The Morgan fingerprint density at radius 3 is 2.38 bits per heavy atom. The molecule has 1 fully saturated rings. The highest BCUT2D eigenvalue weighted by molar-refractivity contribution is 7.89. The fraction of sp³-hybridized carbons (Fsp3) is 0.462. The number of nitrogens with one attached hydrogen (secondary N) is 1. The second-order valence-electron chi connectivity index (χ2n) is 5.13. The number of sulfonamides is 1. The fourth-order valence-electron chi connectivity index (χ4n) is 2.49. The van der Waals surface area contributed by atoms with Gasteiger partial charge in [-0.3, -0.25) is 4.79 Å². The van der Waals surface area contributed by atoms with Crippen molar-refractivity contribution in [2.45, 2.75) is 36.6 Å². The highest BCUT2D eigenvalue weighted by atomic mass is 35.5. The number of rotatable bonds is 4. The molecule has 0 aliphatic heterocycles. The van der Waals surface area contributed by atoms with E-state index in [-0.39, 0.29) is 21.0 Å². The van der Waals surface area contributed by atoms with Crippen LogP contribution in [0.2, 0.25) is 10.0 Å². The molecular weight excluding hydrogens is 337 g/mol. The Morgan fingerprint density at radius 2 is 1.81 bits per heavy atom. The average Bonchev–Trinajstić information content (AvgIpc) is 2.37. The summed E-state index contributed by atoms with van der Waals surface area (Å²) < 4.78 is 27.2. The predicted molar refractivity (Wildman–Crippen MR) is 80.2 cm³/mol. The molecular formula is C13H15Cl2NO4S. The van der Waals surface area contributed by atoms with Gasteiger partial charge in [0.25, 0.3) is 0 Å². The van der Waals surface area contributed by atoms with E-state index in [9.17, 15) is 13.2 Å². The summed E-state index contributed by atoms with van der Waals surface area (Å²) in [5.41, 5.74) is 0. The van der Waals surface area contributed by atoms with Gasteiger partial charge in [0.05, 0.1) is 10.8 Å². The maximum absolute atomic E-state index is 12.3. The van der Waals surface area contributed by atoms with Gasteiger partial charge in [0.15, 0.2) is 0 Å². The lowest BCUT2D eigenvalue weighted by atomic mass is 9.86. The van der Waals surface area contributed by atoms with Crippen LogP contribution < -0.4 is 4.72 Å². The lowest BCUT2D eigenvalue weighted by Crippen LogP contribution is -2.39. The standard InChI is InChI=1S/C13H15Cl2NO4S/c14-9-5-10(15)7-12(6-9)21(19,20)16-11-3-1-2-8(4-11)13(17)18/h5-8,11,16H,1-4H2,(H,17,18). The zero-order valence-electron chi connectivity index (χ0n) is 11.1. The first-order valence-corrected chi connectivity index (χ1v) is 8.73. The van der Waals surface area contributed by atoms with Gasteiger partial charge in [-0.2, -0.15) is 0 Å². The lowest BCUT2D eigenvalue weighted by Gasteiger charge is -2.27. The van der Waals surface area contributed by atoms with Crippen molar-refractivity contribution in [3.8, 4) is 0 Å². The lowest BCUT2D eigenvalue weighted by molar-refractivity contribution is -0.143. The van der Waals surface area contributed by atoms with Crippen molar-refractivity contribution in [2.24, 2.45) is 5.92 Å². The molecule has 2 rings (SSSR count). The molecule has 1 saturated carbocycles. The Bertz CT molecular complexity index is 627. The van der Waals surface area contributed by atoms with Gasteiger partial charge in [-0.1, -0.05) is 29.6 Å². The largest absolute Gasteiger partial charge is 0.481 e. The van der Waals surface area contributed by atoms with Crippen molar-refractivity contribution < 1.29 is 18.3 Å². The van der Waals surface area contributed by atoms with E-state index in [2.05, 4.69) is 4.72 Å². The highest BCUT2D eigenvalue weighted by Crippen LogP contribution is 2.27. The van der Waals surface area contributed by atoms with Gasteiger partial charge in [0, 0.05) is 16.1 Å². The molecule has 0 amide bonds. The summed E-state index contributed by atoms with van der Waals surface area (Å²) in [6, 6.07) is 3.69. The number of hydrogen-bond donors (Lipinski definition) is 2. The molecule has 0 heterocycles. The SMILES string of the molecule is O=C(O)C1CCCC(NS(=O)(=O)c2cc(Cl)cc(Cl)c2)C1. The molecule has 1 aliphatic carbocycles. The summed E-state index contributed by atoms with van der Waals surface area (Å²) in [6.07, 6.45) is 2.18. The van der Waals surface area contributed by atoms with Crippen LogP contribution in [-0.2, 0) is 14.8 Å². The van der Waals surface area contributed by atoms with Crippen molar-refractivity contribution >= 4 is 39.2 Å². The van der Waals surface area contributed by atoms with Gasteiger partial charge >= 0.3 is 5.97 Å². The number of benzene rings is 1. The van der Waals surface area contributed by atoms with Crippen LogP contribution in [0.1, 0.15) is 25.7 Å². The molecule has 5 nitrogen and oxygen atoms in total. The van der Waals surface area contributed by atoms with E-state index in [1.807, 2.05) is 0 Å². The van der Waals surface area contributed by atoms with Gasteiger partial charge < -0.3 is 5.11 Å². The zero-order chi connectivity index (χ0) is 15.6. The number of carboxylic acid groups (broad SMARTS) is 1. The molecule has 2 N–H and O–H groups in total. The van der Waals surface area contributed by atoms with Crippen LogP contribution in [0.25, 0.3) is 0 Å². The third-order valence-corrected chi connectivity index (χ3v) is 5.43. The normalized spacial score (nSPS) is 23.0. The van der Waals surface area contributed by atoms with Crippen molar-refractivity contribution in [2.75, 3.05) is 0 Å². The molecule has 1 aliphatic rings. The minimum Gasteiger partial charge on any atom is -0.481 e. The van der Waals surface area contributed by atoms with E-state index in [1.165, 1.54) is 18.2 Å². The summed E-state index contributed by atoms with van der Waals surface area (Å²) in [6.45, 7) is 0. The van der Waals surface area contributed by atoms with Gasteiger partial charge in [-0.25, -0.2) is 13.1 Å². The molecule has 2 unspecified atom stereocenters. The molecule has 1 aromatic rings. The van der Waals surface area contributed by atoms with Crippen LogP contribution in [0.3, 0.4) is 0 Å². The van der Waals surface area contributed by atoms with E-state index >= 15 is 0 Å². The summed E-state index contributed by atoms with van der Waals surface area (Å²) in [5, 5.41) is 9.49. The first-order chi connectivity index (χ1) is 9.78. The molecule has 8 heteroatoms. The molecule has 116 valence electrons. The molecule has 0 bridgehead atoms. The van der Waals surface area contributed by atoms with Crippen LogP contribution >= 0.6 is 23.2 Å². The van der Waals surface area contributed by atoms with E-state index in [4.69, 9.17) is 28.3 Å². The van der Waals surface area contributed by atoms with Crippen LogP contribution in [0, 0.1) is 5.92 Å². The van der Waals surface area contributed by atoms with E-state index in [0.29, 0.717) is 25.7 Å². The first kappa shape index (κ1) is 16.5. The number of hydrogen-bond acceptors (Lipinski definition) is 3. The van der Waals surface area contributed by atoms with Crippen LogP contribution in [0.5, 0.6) is 0 Å². The Morgan fingerprint density at radius 1 is 1.19 bits per heavy atom. The van der Waals surface area contributed by atoms with E-state index in [1.54, 1.807) is 0 Å². The molecule has 1 aromatic carbocycles. The number of carbonyl (C=O) groups is 1. The summed E-state index contributed by atoms with van der Waals surface area (Å²) in [5.74, 6) is -1.39. The Balaban J connectivity index is 2.15. The Hall–Kier alpha value is -0.820. The third kappa shape index (κ3) is 4.32. The first-order valence-electron chi connectivity index (χ1n) is 6.49. The second-order valence-corrected chi connectivity index (χ2v) is 7.71. The topological polar surface area (TPSA) is 83.5 Å². The van der Waals surface area contributed by atoms with Crippen molar-refractivity contribution in [1.82, 2.24) is 4.72 Å². The highest BCUT2D eigenvalue weighted by Gasteiger charge is 2.30. The second kappa shape index (κ2) is 6.52. The Kier molecular flexibility index (Phi) is 5.14. The molecule has 2 atom stereocenters. The average molecular weight is 352 g/mol. The van der Waals surface area contributed by atoms with Gasteiger partial charge in [-0.15, -0.1) is 0 Å². The summed E-state index contributed by atoms with van der Waals surface area (Å²) in [7, 11) is -3.77. The smallest absolute Gasteiger partial charge is 0.306 e. The quantitative estimate of drug-likeness (QED) is 0.873. The van der Waals surface area contributed by atoms with Crippen molar-refractivity contribution in [1.29, 1.82) is 0 Å². The van der Waals surface area contributed by atoms with Crippen molar-refractivity contribution in [3.05, 3.63) is 28.2 Å². The molecule has 21 heavy (non-hydrogen) atoms. The number of aliphatic carboxylic acids is 1. The Labute approximate surface area is 133 Å². The van der Waals surface area contributed by atoms with Crippen LogP contribution in [0.4, 0.5) is 0 Å². The number of carboxylic acids is 1. The van der Waals surface area contributed by atoms with E-state index < -0.39 is 21.9 Å². The van der Waals surface area contributed by atoms with Crippen LogP contribution in [0.15, 0.2) is 23.1 Å². The minimum atomic E-state index is -3.77. The van der Waals surface area contributed by atoms with Gasteiger partial charge in [0.2, 0.25) is 10.0 Å². The molecule has 0 saturated heterocycles. The zero-order valence-corrected chi connectivity index (χ0v) is 13.4. The maximum Gasteiger partial charge on any atom is 0.306 e. The predicted octanol–water partition coefficient (Wildman–Crippen LogP) is 2.92. The number of halogens is 2. The molecule has 0 spiro atoms. The maximum atomic E-state index is 12.3. The summed E-state index contributed by atoms with van der Waals surface area (Å²) >= 11 is 11.6. The van der Waals surface area contributed by atoms with Crippen LogP contribution in [-0.4, -0.2) is 25.5 Å².